The van der Waals surface area contributed by atoms with E-state index in [4.69, 9.17) is 10.5 Å². The molecule has 1 fully saturated rings. The van der Waals surface area contributed by atoms with Gasteiger partial charge in [0.15, 0.2) is 0 Å². The highest BCUT2D eigenvalue weighted by atomic mass is 19.3. The lowest BCUT2D eigenvalue weighted by molar-refractivity contribution is -0.140. The zero-order valence-corrected chi connectivity index (χ0v) is 8.88. The zero-order valence-electron chi connectivity index (χ0n) is 8.88. The Labute approximate surface area is 94.6 Å². The maximum Gasteiger partial charge on any atom is 0.351 e. The summed E-state index contributed by atoms with van der Waals surface area (Å²) >= 11 is 0. The Morgan fingerprint density at radius 3 is 2.76 bits per heavy atom. The Bertz CT molecular complexity index is 491. The van der Waals surface area contributed by atoms with Gasteiger partial charge in [0.25, 0.3) is 0 Å². The molecule has 0 radical (unpaired) electrons. The Kier molecular flexibility index (Phi) is 2.63. The average molecular weight is 247 g/mol. The lowest BCUT2D eigenvalue weighted by Gasteiger charge is -2.20. The highest BCUT2D eigenvalue weighted by molar-refractivity contribution is 5.23. The maximum absolute atomic E-state index is 13.6. The molecule has 1 aliphatic heterocycles. The van der Waals surface area contributed by atoms with Crippen molar-refractivity contribution in [1.29, 1.82) is 0 Å². The van der Waals surface area contributed by atoms with Crippen molar-refractivity contribution in [3.63, 3.8) is 0 Å². The van der Waals surface area contributed by atoms with E-state index in [1.54, 1.807) is 0 Å². The van der Waals surface area contributed by atoms with E-state index in [2.05, 4.69) is 4.98 Å². The molecule has 6 nitrogen and oxygen atoms in total. The van der Waals surface area contributed by atoms with Crippen molar-refractivity contribution >= 4 is 5.82 Å². The van der Waals surface area contributed by atoms with Crippen molar-refractivity contribution in [2.75, 3.05) is 5.73 Å². The van der Waals surface area contributed by atoms with Gasteiger partial charge in [0, 0.05) is 6.20 Å². The number of nitrogens with zero attached hydrogens (tertiary/aromatic N) is 2. The van der Waals surface area contributed by atoms with Gasteiger partial charge in [-0.3, -0.25) is 4.57 Å². The second-order valence-corrected chi connectivity index (χ2v) is 3.86. The van der Waals surface area contributed by atoms with Crippen LogP contribution in [0, 0.1) is 0 Å². The number of aromatic nitrogens is 2. The lowest BCUT2D eigenvalue weighted by atomic mass is 10.1. The predicted molar refractivity (Wildman–Crippen MR) is 53.4 cm³/mol. The van der Waals surface area contributed by atoms with Crippen LogP contribution in [0.4, 0.5) is 14.6 Å². The lowest BCUT2D eigenvalue weighted by Crippen LogP contribution is -2.41. The summed E-state index contributed by atoms with van der Waals surface area (Å²) < 4.78 is 32.7. The van der Waals surface area contributed by atoms with Crippen LogP contribution in [0.1, 0.15) is 13.2 Å². The fourth-order valence-corrected chi connectivity index (χ4v) is 1.68. The van der Waals surface area contributed by atoms with Crippen molar-refractivity contribution in [2.24, 2.45) is 0 Å². The van der Waals surface area contributed by atoms with Crippen LogP contribution in [0.3, 0.4) is 0 Å². The summed E-state index contributed by atoms with van der Waals surface area (Å²) in [7, 11) is 0. The molecule has 0 bridgehead atoms. The van der Waals surface area contributed by atoms with Gasteiger partial charge in [0.2, 0.25) is 6.23 Å². The van der Waals surface area contributed by atoms with Crippen molar-refractivity contribution in [3.8, 4) is 0 Å². The molecule has 94 valence electrons. The summed E-state index contributed by atoms with van der Waals surface area (Å²) in [5.74, 6) is -3.62. The normalized spacial score (nSPS) is 31.6. The SMILES string of the molecule is CC1O[C@@H](n2ccc(N)nc2=O)C(F)(F)C1O. The number of hydrogen-bond acceptors (Lipinski definition) is 5. The van der Waals surface area contributed by atoms with Crippen LogP contribution in [0.5, 0.6) is 0 Å². The minimum Gasteiger partial charge on any atom is -0.384 e. The highest BCUT2D eigenvalue weighted by Crippen LogP contribution is 2.41. The Morgan fingerprint density at radius 1 is 1.65 bits per heavy atom. The topological polar surface area (TPSA) is 90.4 Å². The molecule has 17 heavy (non-hydrogen) atoms. The molecule has 2 rings (SSSR count). The molecular weight excluding hydrogens is 236 g/mol. The molecule has 1 aromatic heterocycles. The molecule has 0 saturated carbocycles. The Hall–Kier alpha value is -1.54. The second kappa shape index (κ2) is 3.74. The van der Waals surface area contributed by atoms with Gasteiger partial charge in [-0.1, -0.05) is 0 Å². The molecule has 3 N–H and O–H groups in total. The van der Waals surface area contributed by atoms with Crippen LogP contribution in [0.25, 0.3) is 0 Å². The van der Waals surface area contributed by atoms with Crippen LogP contribution in [-0.2, 0) is 4.74 Å². The van der Waals surface area contributed by atoms with E-state index in [0.717, 1.165) is 6.20 Å². The van der Waals surface area contributed by atoms with Crippen LogP contribution in [0.2, 0.25) is 0 Å². The molecule has 0 spiro atoms. The molecule has 3 atom stereocenters. The molecule has 2 heterocycles. The van der Waals surface area contributed by atoms with Gasteiger partial charge >= 0.3 is 11.6 Å². The number of nitrogen functional groups attached to an aromatic ring is 1. The summed E-state index contributed by atoms with van der Waals surface area (Å²) in [6.07, 6.45) is -3.84. The summed E-state index contributed by atoms with van der Waals surface area (Å²) in [6.45, 7) is 1.30. The summed E-state index contributed by atoms with van der Waals surface area (Å²) in [6, 6.07) is 1.20. The highest BCUT2D eigenvalue weighted by Gasteiger charge is 2.58. The monoisotopic (exact) mass is 247 g/mol. The number of rotatable bonds is 1. The molecule has 0 aliphatic carbocycles. The first-order valence-electron chi connectivity index (χ1n) is 4.90. The molecule has 0 amide bonds. The number of nitrogens with two attached hydrogens (primary N) is 1. The molecule has 1 aromatic rings. The minimum atomic E-state index is -3.55. The smallest absolute Gasteiger partial charge is 0.351 e. The largest absolute Gasteiger partial charge is 0.384 e. The molecular formula is C9H11F2N3O3. The fraction of sp³-hybridized carbons (Fsp3) is 0.556. The number of ether oxygens (including phenoxy) is 1. The molecule has 1 saturated heterocycles. The van der Waals surface area contributed by atoms with Crippen molar-refractivity contribution in [1.82, 2.24) is 9.55 Å². The van der Waals surface area contributed by atoms with E-state index < -0.39 is 30.0 Å². The summed E-state index contributed by atoms with van der Waals surface area (Å²) in [5.41, 5.74) is 4.30. The molecule has 8 heteroatoms. The third-order valence-electron chi connectivity index (χ3n) is 2.62. The number of aliphatic hydroxyl groups excluding tert-OH is 1. The van der Waals surface area contributed by atoms with Gasteiger partial charge < -0.3 is 15.6 Å². The second-order valence-electron chi connectivity index (χ2n) is 3.86. The van der Waals surface area contributed by atoms with Crippen LogP contribution < -0.4 is 11.4 Å². The van der Waals surface area contributed by atoms with Gasteiger partial charge in [0.1, 0.15) is 11.9 Å². The molecule has 2 unspecified atom stereocenters. The maximum atomic E-state index is 13.6. The first-order chi connectivity index (χ1) is 7.84. The fourth-order valence-electron chi connectivity index (χ4n) is 1.68. The number of aliphatic hydroxyl groups is 1. The summed E-state index contributed by atoms with van der Waals surface area (Å²) in [5, 5.41) is 9.27. The van der Waals surface area contributed by atoms with Gasteiger partial charge in [-0.2, -0.15) is 13.8 Å². The van der Waals surface area contributed by atoms with E-state index in [-0.39, 0.29) is 5.82 Å². The minimum absolute atomic E-state index is 0.0684. The number of hydrogen-bond donors (Lipinski definition) is 2. The first kappa shape index (κ1) is 11.9. The Balaban J connectivity index is 2.45. The first-order valence-corrected chi connectivity index (χ1v) is 4.90. The van der Waals surface area contributed by atoms with Gasteiger partial charge in [-0.15, -0.1) is 0 Å². The molecule has 0 aromatic carbocycles. The van der Waals surface area contributed by atoms with E-state index in [1.807, 2.05) is 0 Å². The van der Waals surface area contributed by atoms with Gasteiger partial charge in [0.05, 0.1) is 6.10 Å². The summed E-state index contributed by atoms with van der Waals surface area (Å²) in [4.78, 5) is 14.7. The van der Waals surface area contributed by atoms with Crippen LogP contribution >= 0.6 is 0 Å². The average Bonchev–Trinajstić information content (AvgIpc) is 2.43. The standard InChI is InChI=1S/C9H11F2N3O3/c1-4-6(15)9(10,11)7(17-4)14-3-2-5(12)13-8(14)16/h2-4,6-7,15H,1H3,(H2,12,13,16)/t4?,6?,7-/m1/s1. The van der Waals surface area contributed by atoms with E-state index in [0.29, 0.717) is 4.57 Å². The quantitative estimate of drug-likeness (QED) is 0.713. The van der Waals surface area contributed by atoms with Crippen LogP contribution in [-0.4, -0.2) is 32.8 Å². The number of halogens is 2. The predicted octanol–water partition coefficient (Wildman–Crippen LogP) is -0.261. The van der Waals surface area contributed by atoms with E-state index in [9.17, 15) is 18.7 Å². The van der Waals surface area contributed by atoms with Crippen molar-refractivity contribution in [3.05, 3.63) is 22.7 Å². The van der Waals surface area contributed by atoms with E-state index >= 15 is 0 Å². The number of alkyl halides is 2. The Morgan fingerprint density at radius 2 is 2.29 bits per heavy atom. The van der Waals surface area contributed by atoms with E-state index in [1.165, 1.54) is 13.0 Å². The van der Waals surface area contributed by atoms with Crippen molar-refractivity contribution < 1.29 is 18.6 Å². The number of anilines is 1. The van der Waals surface area contributed by atoms with Crippen LogP contribution in [0.15, 0.2) is 17.1 Å². The third kappa shape index (κ3) is 1.79. The zero-order chi connectivity index (χ0) is 12.8. The molecule has 1 aliphatic rings. The van der Waals surface area contributed by atoms with Crippen molar-refractivity contribution in [2.45, 2.75) is 31.3 Å². The van der Waals surface area contributed by atoms with Gasteiger partial charge in [-0.05, 0) is 13.0 Å². The van der Waals surface area contributed by atoms with Gasteiger partial charge in [-0.25, -0.2) is 4.79 Å². The third-order valence-corrected chi connectivity index (χ3v) is 2.62.